The highest BCUT2D eigenvalue weighted by Gasteiger charge is 2.06. The zero-order valence-electron chi connectivity index (χ0n) is 9.34. The third-order valence-corrected chi connectivity index (χ3v) is 3.25. The number of hydrogen-bond acceptors (Lipinski definition) is 4. The fraction of sp³-hybridized carbons (Fsp3) is 0.0833. The summed E-state index contributed by atoms with van der Waals surface area (Å²) in [5.41, 5.74) is 6.60. The topological polar surface area (TPSA) is 52.5 Å². The van der Waals surface area contributed by atoms with Crippen molar-refractivity contribution in [2.24, 2.45) is 0 Å². The lowest BCUT2D eigenvalue weighted by Crippen LogP contribution is -1.98. The van der Waals surface area contributed by atoms with Crippen LogP contribution in [-0.4, -0.2) is 9.38 Å². The Morgan fingerprint density at radius 3 is 3.11 bits per heavy atom. The molecule has 18 heavy (non-hydrogen) atoms. The molecule has 0 amide bonds. The van der Waals surface area contributed by atoms with Crippen LogP contribution >= 0.6 is 11.3 Å². The molecule has 2 aromatic heterocycles. The molecule has 2 heterocycles. The number of nitrogen functional groups attached to an aromatic ring is 1. The number of thiazole rings is 1. The van der Waals surface area contributed by atoms with Crippen LogP contribution in [0.2, 0.25) is 0 Å². The van der Waals surface area contributed by atoms with Crippen molar-refractivity contribution in [3.8, 4) is 5.75 Å². The number of hydrogen-bond donors (Lipinski definition) is 1. The molecule has 0 fully saturated rings. The quantitative estimate of drug-likeness (QED) is 0.739. The molecule has 92 valence electrons. The second-order valence-corrected chi connectivity index (χ2v) is 4.68. The van der Waals surface area contributed by atoms with Crippen LogP contribution in [0.15, 0.2) is 36.0 Å². The second kappa shape index (κ2) is 4.30. The average Bonchev–Trinajstić information content (AvgIpc) is 2.88. The van der Waals surface area contributed by atoms with E-state index < -0.39 is 5.82 Å². The van der Waals surface area contributed by atoms with Crippen LogP contribution in [0.5, 0.6) is 5.75 Å². The number of fused-ring (bicyclic) bond motifs is 1. The standard InChI is InChI=1S/C12H10FN3OS/c13-10-5-8(14)1-2-11(10)17-7-9-6-16-3-4-18-12(16)15-9/h1-6H,7,14H2. The monoisotopic (exact) mass is 263 g/mol. The van der Waals surface area contributed by atoms with Crippen molar-refractivity contribution in [1.82, 2.24) is 9.38 Å². The minimum Gasteiger partial charge on any atom is -0.484 e. The molecule has 0 aliphatic carbocycles. The maximum absolute atomic E-state index is 13.5. The Morgan fingerprint density at radius 1 is 1.44 bits per heavy atom. The summed E-state index contributed by atoms with van der Waals surface area (Å²) in [5, 5.41) is 1.95. The molecule has 0 aliphatic rings. The van der Waals surface area contributed by atoms with Gasteiger partial charge in [-0.3, -0.25) is 4.40 Å². The minimum atomic E-state index is -0.462. The number of halogens is 1. The van der Waals surface area contributed by atoms with Gasteiger partial charge in [0.2, 0.25) is 0 Å². The summed E-state index contributed by atoms with van der Waals surface area (Å²) in [6.07, 6.45) is 3.78. The highest BCUT2D eigenvalue weighted by molar-refractivity contribution is 7.15. The van der Waals surface area contributed by atoms with E-state index in [1.165, 1.54) is 12.1 Å². The Bertz CT molecular complexity index is 663. The molecule has 4 nitrogen and oxygen atoms in total. The van der Waals surface area contributed by atoms with Crippen LogP contribution in [0.3, 0.4) is 0 Å². The first-order valence-corrected chi connectivity index (χ1v) is 6.19. The lowest BCUT2D eigenvalue weighted by Gasteiger charge is -2.05. The van der Waals surface area contributed by atoms with E-state index in [2.05, 4.69) is 4.98 Å². The summed E-state index contributed by atoms with van der Waals surface area (Å²) >= 11 is 1.54. The number of anilines is 1. The molecule has 0 saturated carbocycles. The van der Waals surface area contributed by atoms with E-state index >= 15 is 0 Å². The molecule has 0 spiro atoms. The van der Waals surface area contributed by atoms with Gasteiger partial charge in [0.1, 0.15) is 6.61 Å². The third kappa shape index (κ3) is 2.02. The molecule has 0 atom stereocenters. The Hall–Kier alpha value is -2.08. The van der Waals surface area contributed by atoms with E-state index in [1.54, 1.807) is 17.4 Å². The number of rotatable bonds is 3. The highest BCUT2D eigenvalue weighted by atomic mass is 32.1. The van der Waals surface area contributed by atoms with Gasteiger partial charge in [-0.2, -0.15) is 0 Å². The summed E-state index contributed by atoms with van der Waals surface area (Å²) in [6, 6.07) is 4.36. The van der Waals surface area contributed by atoms with Gasteiger partial charge < -0.3 is 10.5 Å². The minimum absolute atomic E-state index is 0.181. The first-order valence-electron chi connectivity index (χ1n) is 5.31. The maximum Gasteiger partial charge on any atom is 0.193 e. The lowest BCUT2D eigenvalue weighted by atomic mass is 10.3. The number of benzene rings is 1. The Labute approximate surface area is 106 Å². The maximum atomic E-state index is 13.5. The largest absolute Gasteiger partial charge is 0.484 e. The van der Waals surface area contributed by atoms with Gasteiger partial charge >= 0.3 is 0 Å². The average molecular weight is 263 g/mol. The fourth-order valence-corrected chi connectivity index (χ4v) is 2.35. The third-order valence-electron chi connectivity index (χ3n) is 2.47. The van der Waals surface area contributed by atoms with Gasteiger partial charge in [0.05, 0.1) is 5.69 Å². The van der Waals surface area contributed by atoms with Gasteiger partial charge in [0.15, 0.2) is 16.5 Å². The summed E-state index contributed by atoms with van der Waals surface area (Å²) in [5.74, 6) is -0.281. The molecule has 0 bridgehead atoms. The predicted molar refractivity (Wildman–Crippen MR) is 68.2 cm³/mol. The first-order chi connectivity index (χ1) is 8.72. The van der Waals surface area contributed by atoms with Crippen molar-refractivity contribution in [2.75, 3.05) is 5.73 Å². The molecule has 0 radical (unpaired) electrons. The van der Waals surface area contributed by atoms with Crippen LogP contribution in [0.25, 0.3) is 4.96 Å². The molecular formula is C12H10FN3OS. The van der Waals surface area contributed by atoms with Gasteiger partial charge in [-0.15, -0.1) is 11.3 Å². The van der Waals surface area contributed by atoms with Crippen LogP contribution in [0.1, 0.15) is 5.69 Å². The zero-order valence-corrected chi connectivity index (χ0v) is 10.2. The molecule has 6 heteroatoms. The lowest BCUT2D eigenvalue weighted by molar-refractivity contribution is 0.286. The Balaban J connectivity index is 1.76. The van der Waals surface area contributed by atoms with Gasteiger partial charge in [0.25, 0.3) is 0 Å². The second-order valence-electron chi connectivity index (χ2n) is 3.80. The number of nitrogens with zero attached hydrogens (tertiary/aromatic N) is 2. The summed E-state index contributed by atoms with van der Waals surface area (Å²) in [7, 11) is 0. The van der Waals surface area contributed by atoms with E-state index in [9.17, 15) is 4.39 Å². The predicted octanol–water partition coefficient (Wildman–Crippen LogP) is 2.70. The number of imidazole rings is 1. The summed E-state index contributed by atoms with van der Waals surface area (Å²) in [6.45, 7) is 0.231. The number of nitrogens with two attached hydrogens (primary N) is 1. The van der Waals surface area contributed by atoms with Crippen LogP contribution in [0, 0.1) is 5.82 Å². The summed E-state index contributed by atoms with van der Waals surface area (Å²) < 4.78 is 20.7. The SMILES string of the molecule is Nc1ccc(OCc2cn3ccsc3n2)c(F)c1. The molecule has 0 saturated heterocycles. The van der Waals surface area contributed by atoms with E-state index in [4.69, 9.17) is 10.5 Å². The van der Waals surface area contributed by atoms with Gasteiger partial charge in [0, 0.05) is 29.5 Å². The van der Waals surface area contributed by atoms with E-state index in [0.29, 0.717) is 5.69 Å². The molecular weight excluding hydrogens is 253 g/mol. The fourth-order valence-electron chi connectivity index (χ4n) is 1.63. The van der Waals surface area contributed by atoms with Crippen molar-refractivity contribution >= 4 is 22.0 Å². The molecule has 2 N–H and O–H groups in total. The van der Waals surface area contributed by atoms with E-state index in [0.717, 1.165) is 10.7 Å². The van der Waals surface area contributed by atoms with Crippen molar-refractivity contribution in [2.45, 2.75) is 6.61 Å². The van der Waals surface area contributed by atoms with Crippen molar-refractivity contribution in [1.29, 1.82) is 0 Å². The normalized spacial score (nSPS) is 10.9. The molecule has 3 aromatic rings. The van der Waals surface area contributed by atoms with Gasteiger partial charge in [-0.25, -0.2) is 9.37 Å². The van der Waals surface area contributed by atoms with Crippen molar-refractivity contribution < 1.29 is 9.13 Å². The van der Waals surface area contributed by atoms with E-state index in [-0.39, 0.29) is 12.4 Å². The molecule has 0 aliphatic heterocycles. The summed E-state index contributed by atoms with van der Waals surface area (Å²) in [4.78, 5) is 5.24. The smallest absolute Gasteiger partial charge is 0.193 e. The van der Waals surface area contributed by atoms with Crippen LogP contribution in [0.4, 0.5) is 10.1 Å². The zero-order chi connectivity index (χ0) is 12.5. The first kappa shape index (κ1) is 11.0. The van der Waals surface area contributed by atoms with E-state index in [1.807, 2.05) is 22.2 Å². The molecule has 3 rings (SSSR count). The van der Waals surface area contributed by atoms with Crippen molar-refractivity contribution in [3.05, 3.63) is 47.5 Å². The Morgan fingerprint density at radius 2 is 2.33 bits per heavy atom. The van der Waals surface area contributed by atoms with Gasteiger partial charge in [-0.05, 0) is 12.1 Å². The molecule has 1 aromatic carbocycles. The van der Waals surface area contributed by atoms with Gasteiger partial charge in [-0.1, -0.05) is 0 Å². The Kier molecular flexibility index (Phi) is 2.64. The highest BCUT2D eigenvalue weighted by Crippen LogP contribution is 2.20. The molecule has 0 unspecified atom stereocenters. The van der Waals surface area contributed by atoms with Crippen LogP contribution < -0.4 is 10.5 Å². The number of ether oxygens (including phenoxy) is 1. The van der Waals surface area contributed by atoms with Crippen molar-refractivity contribution in [3.63, 3.8) is 0 Å². The number of aromatic nitrogens is 2. The van der Waals surface area contributed by atoms with Crippen LogP contribution in [-0.2, 0) is 6.61 Å².